The van der Waals surface area contributed by atoms with Crippen LogP contribution in [0, 0.1) is 6.92 Å². The minimum atomic E-state index is -0.933. The number of amides is 1. The van der Waals surface area contributed by atoms with E-state index in [0.29, 0.717) is 16.3 Å². The summed E-state index contributed by atoms with van der Waals surface area (Å²) in [5.41, 5.74) is 2.04. The molecule has 2 N–H and O–H groups in total. The van der Waals surface area contributed by atoms with Gasteiger partial charge in [-0.2, -0.15) is 0 Å². The summed E-state index contributed by atoms with van der Waals surface area (Å²) in [4.78, 5) is 31.0. The van der Waals surface area contributed by atoms with E-state index in [0.717, 1.165) is 17.5 Å². The molecular formula is C12H14N4O3S. The number of hydrogen-bond acceptors (Lipinski definition) is 5. The summed E-state index contributed by atoms with van der Waals surface area (Å²) in [7, 11) is 1.55. The van der Waals surface area contributed by atoms with Crippen molar-refractivity contribution in [3.63, 3.8) is 0 Å². The highest BCUT2D eigenvalue weighted by Gasteiger charge is 2.16. The smallest absolute Gasteiger partial charge is 0.313 e. The van der Waals surface area contributed by atoms with Gasteiger partial charge in [0.1, 0.15) is 12.1 Å². The molecule has 0 spiro atoms. The molecule has 0 aliphatic heterocycles. The van der Waals surface area contributed by atoms with E-state index < -0.39 is 5.97 Å². The van der Waals surface area contributed by atoms with Crippen LogP contribution >= 0.6 is 11.8 Å². The number of hydrogen-bond donors (Lipinski definition) is 2. The molecule has 2 heterocycles. The molecule has 0 radical (unpaired) electrons. The number of carbonyl (C=O) groups excluding carboxylic acids is 1. The summed E-state index contributed by atoms with van der Waals surface area (Å²) >= 11 is 1.07. The summed E-state index contributed by atoms with van der Waals surface area (Å²) in [6.07, 6.45) is 0. The largest absolute Gasteiger partial charge is 0.481 e. The predicted octanol–water partition coefficient (Wildman–Crippen LogP) is 0.662. The molecule has 7 nitrogen and oxygen atoms in total. The molecule has 1 amide bonds. The minimum absolute atomic E-state index is 0.0609. The Morgan fingerprint density at radius 3 is 2.80 bits per heavy atom. The van der Waals surface area contributed by atoms with Crippen LogP contribution in [-0.4, -0.2) is 44.3 Å². The fourth-order valence-electron chi connectivity index (χ4n) is 1.68. The van der Waals surface area contributed by atoms with Crippen molar-refractivity contribution >= 4 is 34.8 Å². The first-order valence-corrected chi connectivity index (χ1v) is 6.89. The average molecular weight is 294 g/mol. The topological polar surface area (TPSA) is 97.1 Å². The summed E-state index contributed by atoms with van der Waals surface area (Å²) in [5, 5.41) is 11.8. The van der Waals surface area contributed by atoms with Crippen molar-refractivity contribution in [1.29, 1.82) is 0 Å². The third-order valence-electron chi connectivity index (χ3n) is 2.60. The maximum Gasteiger partial charge on any atom is 0.313 e. The van der Waals surface area contributed by atoms with E-state index >= 15 is 0 Å². The van der Waals surface area contributed by atoms with Crippen LogP contribution < -0.4 is 5.32 Å². The molecule has 0 saturated heterocycles. The summed E-state index contributed by atoms with van der Waals surface area (Å²) in [5.74, 6) is -1.24. The monoisotopic (exact) mass is 294 g/mol. The molecule has 2 aromatic heterocycles. The fourth-order valence-corrected chi connectivity index (χ4v) is 2.40. The normalized spacial score (nSPS) is 10.7. The Balaban J connectivity index is 2.45. The van der Waals surface area contributed by atoms with E-state index in [1.807, 2.05) is 19.1 Å². The quantitative estimate of drug-likeness (QED) is 0.786. The fraction of sp³-hybridized carbons (Fsp3) is 0.333. The molecule has 20 heavy (non-hydrogen) atoms. The lowest BCUT2D eigenvalue weighted by Crippen LogP contribution is -2.24. The Morgan fingerprint density at radius 1 is 1.40 bits per heavy atom. The predicted molar refractivity (Wildman–Crippen MR) is 74.7 cm³/mol. The van der Waals surface area contributed by atoms with Gasteiger partial charge in [0.25, 0.3) is 0 Å². The zero-order chi connectivity index (χ0) is 14.7. The van der Waals surface area contributed by atoms with Gasteiger partial charge in [0.2, 0.25) is 5.91 Å². The SMILES string of the molecule is CNC(=O)Cn1c(SCC(=O)O)nc2ccc(C)nc21. The zero-order valence-electron chi connectivity index (χ0n) is 11.1. The van der Waals surface area contributed by atoms with E-state index in [1.165, 1.54) is 0 Å². The van der Waals surface area contributed by atoms with Crippen LogP contribution in [0.1, 0.15) is 5.69 Å². The first kappa shape index (κ1) is 14.3. The highest BCUT2D eigenvalue weighted by Crippen LogP contribution is 2.23. The number of pyridine rings is 1. The molecule has 2 rings (SSSR count). The van der Waals surface area contributed by atoms with Crippen molar-refractivity contribution < 1.29 is 14.7 Å². The maximum atomic E-state index is 11.6. The number of aryl methyl sites for hydroxylation is 1. The molecule has 0 saturated carbocycles. The number of nitrogens with one attached hydrogen (secondary N) is 1. The lowest BCUT2D eigenvalue weighted by molar-refractivity contribution is -0.133. The Kier molecular flexibility index (Phi) is 4.23. The maximum absolute atomic E-state index is 11.6. The molecular weight excluding hydrogens is 280 g/mol. The van der Waals surface area contributed by atoms with Crippen molar-refractivity contribution in [2.75, 3.05) is 12.8 Å². The number of fused-ring (bicyclic) bond motifs is 1. The molecule has 0 unspecified atom stereocenters. The van der Waals surface area contributed by atoms with Crippen LogP contribution in [0.25, 0.3) is 11.2 Å². The van der Waals surface area contributed by atoms with Crippen LogP contribution in [0.5, 0.6) is 0 Å². The van der Waals surface area contributed by atoms with Crippen LogP contribution in [0.4, 0.5) is 0 Å². The first-order valence-electron chi connectivity index (χ1n) is 5.90. The highest BCUT2D eigenvalue weighted by atomic mass is 32.2. The van der Waals surface area contributed by atoms with E-state index in [9.17, 15) is 9.59 Å². The number of likely N-dealkylation sites (N-methyl/N-ethyl adjacent to an activating group) is 1. The van der Waals surface area contributed by atoms with Crippen molar-refractivity contribution in [2.45, 2.75) is 18.6 Å². The Bertz CT molecular complexity index is 668. The number of carboxylic acids is 1. The van der Waals surface area contributed by atoms with Crippen LogP contribution in [0.2, 0.25) is 0 Å². The zero-order valence-corrected chi connectivity index (χ0v) is 11.9. The number of carbonyl (C=O) groups is 2. The number of aromatic nitrogens is 3. The summed E-state index contributed by atoms with van der Waals surface area (Å²) in [6.45, 7) is 1.91. The van der Waals surface area contributed by atoms with E-state index in [2.05, 4.69) is 15.3 Å². The lowest BCUT2D eigenvalue weighted by atomic mass is 10.3. The molecule has 106 valence electrons. The second-order valence-corrected chi connectivity index (χ2v) is 5.07. The van der Waals surface area contributed by atoms with Gasteiger partial charge in [0.05, 0.1) is 5.75 Å². The number of aliphatic carboxylic acids is 1. The number of carboxylic acid groups (broad SMARTS) is 1. The number of imidazole rings is 1. The highest BCUT2D eigenvalue weighted by molar-refractivity contribution is 7.99. The van der Waals surface area contributed by atoms with E-state index in [-0.39, 0.29) is 18.2 Å². The molecule has 0 aromatic carbocycles. The van der Waals surface area contributed by atoms with Gasteiger partial charge < -0.3 is 10.4 Å². The summed E-state index contributed by atoms with van der Waals surface area (Å²) < 4.78 is 1.63. The van der Waals surface area contributed by atoms with Crippen LogP contribution in [0.15, 0.2) is 17.3 Å². The van der Waals surface area contributed by atoms with Crippen LogP contribution in [-0.2, 0) is 16.1 Å². The second-order valence-electron chi connectivity index (χ2n) is 4.13. The van der Waals surface area contributed by atoms with Gasteiger partial charge in [-0.1, -0.05) is 11.8 Å². The van der Waals surface area contributed by atoms with Crippen LogP contribution in [0.3, 0.4) is 0 Å². The van der Waals surface area contributed by atoms with Gasteiger partial charge in [-0.05, 0) is 19.1 Å². The molecule has 2 aromatic rings. The van der Waals surface area contributed by atoms with Crippen molar-refractivity contribution in [3.05, 3.63) is 17.8 Å². The van der Waals surface area contributed by atoms with Gasteiger partial charge in [-0.3, -0.25) is 14.2 Å². The van der Waals surface area contributed by atoms with Gasteiger partial charge in [-0.15, -0.1) is 0 Å². The third-order valence-corrected chi connectivity index (χ3v) is 3.56. The van der Waals surface area contributed by atoms with Gasteiger partial charge >= 0.3 is 5.97 Å². The summed E-state index contributed by atoms with van der Waals surface area (Å²) in [6, 6.07) is 3.63. The van der Waals surface area contributed by atoms with Crippen molar-refractivity contribution in [1.82, 2.24) is 19.9 Å². The molecule has 0 atom stereocenters. The first-order chi connectivity index (χ1) is 9.51. The molecule has 0 aliphatic carbocycles. The van der Waals surface area contributed by atoms with Gasteiger partial charge in [0.15, 0.2) is 10.8 Å². The lowest BCUT2D eigenvalue weighted by Gasteiger charge is -2.06. The number of rotatable bonds is 5. The van der Waals surface area contributed by atoms with Gasteiger partial charge in [0, 0.05) is 12.7 Å². The van der Waals surface area contributed by atoms with E-state index in [1.54, 1.807) is 11.6 Å². The molecule has 0 aliphatic rings. The van der Waals surface area contributed by atoms with E-state index in [4.69, 9.17) is 5.11 Å². The number of thioether (sulfide) groups is 1. The molecule has 0 fully saturated rings. The van der Waals surface area contributed by atoms with Crippen molar-refractivity contribution in [2.24, 2.45) is 0 Å². The number of nitrogens with zero attached hydrogens (tertiary/aromatic N) is 3. The standard InChI is InChI=1S/C12H14N4O3S/c1-7-3-4-8-11(14-7)16(5-9(17)13-2)12(15-8)20-6-10(18)19/h3-4H,5-6H2,1-2H3,(H,13,17)(H,18,19). The third kappa shape index (κ3) is 3.08. The van der Waals surface area contributed by atoms with Gasteiger partial charge in [-0.25, -0.2) is 9.97 Å². The Labute approximate surface area is 119 Å². The molecule has 8 heteroatoms. The minimum Gasteiger partial charge on any atom is -0.481 e. The Morgan fingerprint density at radius 2 is 2.15 bits per heavy atom. The van der Waals surface area contributed by atoms with Crippen molar-refractivity contribution in [3.8, 4) is 0 Å². The Hall–Kier alpha value is -2.09. The molecule has 0 bridgehead atoms. The average Bonchev–Trinajstić information content (AvgIpc) is 2.74. The second kappa shape index (κ2) is 5.91.